The number of imide groups is 1. The number of ether oxygens (including phenoxy) is 1. The average Bonchev–Trinajstić information content (AvgIpc) is 2.93. The molecule has 0 aromatic heterocycles. The van der Waals surface area contributed by atoms with Crippen LogP contribution in [0, 0.1) is 0 Å². The molecule has 146 valence electrons. The number of rotatable bonds is 1. The van der Waals surface area contributed by atoms with Crippen LogP contribution in [0.4, 0.5) is 28.4 Å². The average molecular weight is 391 g/mol. The second-order valence-electron chi connectivity index (χ2n) is 6.99. The lowest BCUT2D eigenvalue weighted by molar-refractivity contribution is -0.137. The number of hydrogen-bond acceptors (Lipinski definition) is 3. The number of hydrogen-bond donors (Lipinski definition) is 1. The number of benzene rings is 2. The monoisotopic (exact) mass is 391 g/mol. The summed E-state index contributed by atoms with van der Waals surface area (Å²) < 4.78 is 45.7. The van der Waals surface area contributed by atoms with Crippen molar-refractivity contribution in [2.24, 2.45) is 5.73 Å². The minimum absolute atomic E-state index is 0.0433. The minimum atomic E-state index is -4.59. The Kier molecular flexibility index (Phi) is 3.81. The van der Waals surface area contributed by atoms with E-state index < -0.39 is 35.4 Å². The number of nitrogens with two attached hydrogens (primary N) is 1. The molecule has 2 aliphatic heterocycles. The molecule has 0 radical (unpaired) electrons. The molecule has 2 unspecified atom stereocenters. The highest BCUT2D eigenvalue weighted by Crippen LogP contribution is 2.51. The molecule has 0 saturated carbocycles. The number of halogens is 3. The van der Waals surface area contributed by atoms with Crippen molar-refractivity contribution in [1.29, 1.82) is 0 Å². The first-order valence-electron chi connectivity index (χ1n) is 8.47. The predicted molar refractivity (Wildman–Crippen MR) is 93.8 cm³/mol. The molecule has 2 aliphatic rings. The Hall–Kier alpha value is -3.23. The fraction of sp³-hybridized carbons (Fsp3) is 0.263. The Labute approximate surface area is 158 Å². The summed E-state index contributed by atoms with van der Waals surface area (Å²) in [6.45, 7) is 1.55. The summed E-state index contributed by atoms with van der Waals surface area (Å²) in [6.07, 6.45) is -5.29. The maximum absolute atomic E-state index is 13.2. The first-order valence-corrected chi connectivity index (χ1v) is 8.47. The van der Waals surface area contributed by atoms with Crippen LogP contribution in [0.25, 0.3) is 0 Å². The highest BCUT2D eigenvalue weighted by atomic mass is 19.4. The molecule has 6 nitrogen and oxygen atoms in total. The van der Waals surface area contributed by atoms with Crippen molar-refractivity contribution < 1.29 is 27.5 Å². The highest BCUT2D eigenvalue weighted by molar-refractivity contribution is 6.06. The van der Waals surface area contributed by atoms with Gasteiger partial charge in [-0.05, 0) is 30.7 Å². The number of urea groups is 2. The van der Waals surface area contributed by atoms with Gasteiger partial charge < -0.3 is 10.5 Å². The Morgan fingerprint density at radius 2 is 1.89 bits per heavy atom. The van der Waals surface area contributed by atoms with Crippen LogP contribution in [-0.2, 0) is 6.18 Å². The van der Waals surface area contributed by atoms with Crippen molar-refractivity contribution in [3.05, 3.63) is 59.7 Å². The van der Waals surface area contributed by atoms with Crippen molar-refractivity contribution in [3.63, 3.8) is 0 Å². The molecule has 4 amide bonds. The van der Waals surface area contributed by atoms with Gasteiger partial charge in [0.15, 0.2) is 0 Å². The number of amides is 4. The molecule has 2 N–H and O–H groups in total. The molecule has 0 spiro atoms. The van der Waals surface area contributed by atoms with Gasteiger partial charge in [0.2, 0.25) is 0 Å². The molecule has 9 heteroatoms. The number of nitrogens with zero attached hydrogens (tertiary/aromatic N) is 2. The van der Waals surface area contributed by atoms with Gasteiger partial charge in [-0.1, -0.05) is 30.3 Å². The van der Waals surface area contributed by atoms with E-state index in [-0.39, 0.29) is 18.0 Å². The van der Waals surface area contributed by atoms with Crippen molar-refractivity contribution in [3.8, 4) is 5.75 Å². The molecular formula is C19H16F3N3O3. The summed E-state index contributed by atoms with van der Waals surface area (Å²) in [7, 11) is 0. The maximum Gasteiger partial charge on any atom is 0.416 e. The van der Waals surface area contributed by atoms with E-state index in [4.69, 9.17) is 10.5 Å². The van der Waals surface area contributed by atoms with Gasteiger partial charge in [0.25, 0.3) is 0 Å². The molecule has 1 saturated heterocycles. The van der Waals surface area contributed by atoms with Crippen LogP contribution >= 0.6 is 0 Å². The standard InChI is InChI=1S/C19H16F3N3O3/c1-18-10-24(16(23)26)17(27)25(18)13-9-12(19(20,21)22)7-8-14(13)28-15(18)11-5-3-2-4-6-11/h2-9,15H,10H2,1H3,(H2,23,26). The first-order chi connectivity index (χ1) is 13.1. The predicted octanol–water partition coefficient (Wildman–Crippen LogP) is 3.92. The van der Waals surface area contributed by atoms with Gasteiger partial charge in [0, 0.05) is 0 Å². The zero-order valence-electron chi connectivity index (χ0n) is 14.7. The summed E-state index contributed by atoms with van der Waals surface area (Å²) in [4.78, 5) is 26.7. The highest BCUT2D eigenvalue weighted by Gasteiger charge is 2.58. The quantitative estimate of drug-likeness (QED) is 0.801. The summed E-state index contributed by atoms with van der Waals surface area (Å²) in [5, 5.41) is 0. The fourth-order valence-corrected chi connectivity index (χ4v) is 3.83. The van der Waals surface area contributed by atoms with Crippen molar-refractivity contribution in [1.82, 2.24) is 4.90 Å². The van der Waals surface area contributed by atoms with E-state index in [1.807, 2.05) is 6.07 Å². The molecule has 2 aromatic rings. The molecule has 0 aliphatic carbocycles. The lowest BCUT2D eigenvalue weighted by Crippen LogP contribution is -2.54. The van der Waals surface area contributed by atoms with E-state index in [1.165, 1.54) is 11.0 Å². The lowest BCUT2D eigenvalue weighted by atomic mass is 9.86. The van der Waals surface area contributed by atoms with Crippen LogP contribution in [0.15, 0.2) is 48.5 Å². The Balaban J connectivity index is 1.91. The molecule has 4 rings (SSSR count). The van der Waals surface area contributed by atoms with Crippen LogP contribution in [-0.4, -0.2) is 29.0 Å². The van der Waals surface area contributed by atoms with Crippen molar-refractivity contribution in [2.45, 2.75) is 24.7 Å². The Morgan fingerprint density at radius 3 is 2.50 bits per heavy atom. The van der Waals surface area contributed by atoms with Crippen molar-refractivity contribution >= 4 is 17.7 Å². The third kappa shape index (κ3) is 2.57. The number of alkyl halides is 3. The van der Waals surface area contributed by atoms with Crippen LogP contribution in [0.3, 0.4) is 0 Å². The van der Waals surface area contributed by atoms with Crippen LogP contribution in [0.5, 0.6) is 5.75 Å². The normalized spacial score (nSPS) is 23.9. The van der Waals surface area contributed by atoms with Gasteiger partial charge in [-0.2, -0.15) is 13.2 Å². The van der Waals surface area contributed by atoms with E-state index in [2.05, 4.69) is 0 Å². The third-order valence-electron chi connectivity index (χ3n) is 5.12. The Bertz CT molecular complexity index is 964. The summed E-state index contributed by atoms with van der Waals surface area (Å²) in [6, 6.07) is 10.2. The second-order valence-corrected chi connectivity index (χ2v) is 6.99. The molecule has 28 heavy (non-hydrogen) atoms. The third-order valence-corrected chi connectivity index (χ3v) is 5.12. The van der Waals surface area contributed by atoms with Gasteiger partial charge in [0.05, 0.1) is 17.8 Å². The van der Waals surface area contributed by atoms with Crippen LogP contribution < -0.4 is 15.4 Å². The maximum atomic E-state index is 13.2. The van der Waals surface area contributed by atoms with Gasteiger partial charge in [0.1, 0.15) is 17.4 Å². The molecule has 2 atom stereocenters. The number of anilines is 1. The number of carbonyl (C=O) groups is 2. The topological polar surface area (TPSA) is 75.9 Å². The van der Waals surface area contributed by atoms with Crippen molar-refractivity contribution in [2.75, 3.05) is 11.4 Å². The zero-order chi connectivity index (χ0) is 20.3. The summed E-state index contributed by atoms with van der Waals surface area (Å²) in [5.74, 6) is 0.124. The van der Waals surface area contributed by atoms with E-state index in [9.17, 15) is 22.8 Å². The van der Waals surface area contributed by atoms with Gasteiger partial charge >= 0.3 is 18.2 Å². The van der Waals surface area contributed by atoms with E-state index in [0.717, 1.165) is 22.6 Å². The fourth-order valence-electron chi connectivity index (χ4n) is 3.83. The summed E-state index contributed by atoms with van der Waals surface area (Å²) in [5.41, 5.74) is 3.95. The molecule has 2 heterocycles. The molecule has 1 fully saturated rings. The Morgan fingerprint density at radius 1 is 1.21 bits per heavy atom. The smallest absolute Gasteiger partial charge is 0.416 e. The molecule has 2 aromatic carbocycles. The van der Waals surface area contributed by atoms with Gasteiger partial charge in [-0.3, -0.25) is 4.90 Å². The van der Waals surface area contributed by atoms with E-state index in [1.54, 1.807) is 31.2 Å². The first kappa shape index (κ1) is 18.1. The zero-order valence-corrected chi connectivity index (χ0v) is 14.7. The number of primary amides is 1. The molecular weight excluding hydrogens is 375 g/mol. The van der Waals surface area contributed by atoms with Gasteiger partial charge in [-0.15, -0.1) is 0 Å². The van der Waals surface area contributed by atoms with Crippen LogP contribution in [0.1, 0.15) is 24.2 Å². The van der Waals surface area contributed by atoms with E-state index in [0.29, 0.717) is 0 Å². The number of carbonyl (C=O) groups excluding carboxylic acids is 2. The minimum Gasteiger partial charge on any atom is -0.481 e. The van der Waals surface area contributed by atoms with E-state index >= 15 is 0 Å². The number of fused-ring (bicyclic) bond motifs is 3. The lowest BCUT2D eigenvalue weighted by Gasteiger charge is -2.45. The molecule has 0 bridgehead atoms. The van der Waals surface area contributed by atoms with Gasteiger partial charge in [-0.25, -0.2) is 14.5 Å². The van der Waals surface area contributed by atoms with Crippen LogP contribution in [0.2, 0.25) is 0 Å². The second kappa shape index (κ2) is 5.88. The summed E-state index contributed by atoms with van der Waals surface area (Å²) >= 11 is 0. The largest absolute Gasteiger partial charge is 0.481 e. The SMILES string of the molecule is CC12CN(C(N)=O)C(=O)N1c1cc(C(F)(F)F)ccc1OC2c1ccccc1.